The summed E-state index contributed by atoms with van der Waals surface area (Å²) < 4.78 is 1.33. The molecule has 3 aromatic rings. The average molecular weight is 367 g/mol. The molecule has 138 valence electrons. The molecule has 0 fully saturated rings. The fourth-order valence-corrected chi connectivity index (χ4v) is 4.16. The maximum atomic E-state index is 3.66. The number of thiophene rings is 1. The molecule has 0 radical (unpaired) electrons. The van der Waals surface area contributed by atoms with Crippen molar-refractivity contribution in [2.45, 2.75) is 46.5 Å². The van der Waals surface area contributed by atoms with Crippen molar-refractivity contribution in [3.05, 3.63) is 54.1 Å². The van der Waals surface area contributed by atoms with Gasteiger partial charge in [0.25, 0.3) is 0 Å². The molecule has 2 nitrogen and oxygen atoms in total. The molecule has 1 N–H and O–H groups in total. The Bertz CT molecular complexity index is 796. The topological polar surface area (TPSA) is 15.3 Å². The first-order valence-corrected chi connectivity index (χ1v) is 10.6. The highest BCUT2D eigenvalue weighted by Gasteiger charge is 2.09. The summed E-state index contributed by atoms with van der Waals surface area (Å²) in [6.45, 7) is 8.99. The number of rotatable bonds is 9. The van der Waals surface area contributed by atoms with E-state index in [0.29, 0.717) is 0 Å². The summed E-state index contributed by atoms with van der Waals surface area (Å²) in [6.07, 6.45) is 4.97. The Hall–Kier alpha value is -2.00. The Morgan fingerprint density at radius 1 is 0.923 bits per heavy atom. The first kappa shape index (κ1) is 18.8. The summed E-state index contributed by atoms with van der Waals surface area (Å²) in [5.41, 5.74) is 3.84. The van der Waals surface area contributed by atoms with Crippen molar-refractivity contribution in [2.24, 2.45) is 0 Å². The third kappa shape index (κ3) is 4.59. The van der Waals surface area contributed by atoms with Gasteiger partial charge in [-0.15, -0.1) is 11.3 Å². The maximum Gasteiger partial charge on any atom is 0.0939 e. The standard InChI is InChI=1S/C23H30N2S/c1-4-6-14-25(15-7-5-2)20-13-12-18(3)21(17-20)24-23-16-19-10-8-9-11-22(19)26-23/h8-13,16-17,24H,4-7,14-15H2,1-3H3. The lowest BCUT2D eigenvalue weighted by Gasteiger charge is -2.26. The summed E-state index contributed by atoms with van der Waals surface area (Å²) in [7, 11) is 0. The van der Waals surface area contributed by atoms with Crippen LogP contribution >= 0.6 is 11.3 Å². The minimum atomic E-state index is 1.14. The second-order valence-electron chi connectivity index (χ2n) is 6.97. The Morgan fingerprint density at radius 3 is 2.35 bits per heavy atom. The molecule has 0 bridgehead atoms. The molecule has 2 aromatic carbocycles. The minimum Gasteiger partial charge on any atom is -0.371 e. The summed E-state index contributed by atoms with van der Waals surface area (Å²) in [5.74, 6) is 0. The van der Waals surface area contributed by atoms with Crippen LogP contribution in [0.4, 0.5) is 16.4 Å². The zero-order valence-corrected chi connectivity index (χ0v) is 17.0. The van der Waals surface area contributed by atoms with Crippen molar-refractivity contribution in [2.75, 3.05) is 23.3 Å². The van der Waals surface area contributed by atoms with Crippen LogP contribution in [-0.4, -0.2) is 13.1 Å². The van der Waals surface area contributed by atoms with Crippen LogP contribution in [0.3, 0.4) is 0 Å². The van der Waals surface area contributed by atoms with Gasteiger partial charge in [-0.2, -0.15) is 0 Å². The third-order valence-electron chi connectivity index (χ3n) is 4.83. The zero-order valence-electron chi connectivity index (χ0n) is 16.2. The lowest BCUT2D eigenvalue weighted by Crippen LogP contribution is -2.25. The van der Waals surface area contributed by atoms with Gasteiger partial charge in [0.2, 0.25) is 0 Å². The second kappa shape index (κ2) is 9.09. The number of anilines is 3. The van der Waals surface area contributed by atoms with Crippen LogP contribution in [0.15, 0.2) is 48.5 Å². The summed E-state index contributed by atoms with van der Waals surface area (Å²) in [5, 5.41) is 6.18. The van der Waals surface area contributed by atoms with Crippen molar-refractivity contribution in [3.8, 4) is 0 Å². The van der Waals surface area contributed by atoms with Gasteiger partial charge in [0.15, 0.2) is 0 Å². The molecule has 0 atom stereocenters. The van der Waals surface area contributed by atoms with Gasteiger partial charge < -0.3 is 10.2 Å². The van der Waals surface area contributed by atoms with Gasteiger partial charge in [0, 0.05) is 29.2 Å². The van der Waals surface area contributed by atoms with Crippen LogP contribution in [-0.2, 0) is 0 Å². The van der Waals surface area contributed by atoms with Crippen LogP contribution in [0.2, 0.25) is 0 Å². The number of aryl methyl sites for hydroxylation is 1. The van der Waals surface area contributed by atoms with Crippen LogP contribution < -0.4 is 10.2 Å². The summed E-state index contributed by atoms with van der Waals surface area (Å²) in [6, 6.07) is 17.7. The number of nitrogens with one attached hydrogen (secondary N) is 1. The number of fused-ring (bicyclic) bond motifs is 1. The van der Waals surface area contributed by atoms with Crippen molar-refractivity contribution in [1.82, 2.24) is 0 Å². The molecule has 0 amide bonds. The molecular formula is C23H30N2S. The molecule has 0 aliphatic carbocycles. The number of benzene rings is 2. The van der Waals surface area contributed by atoms with Gasteiger partial charge >= 0.3 is 0 Å². The van der Waals surface area contributed by atoms with Crippen molar-refractivity contribution >= 4 is 37.8 Å². The van der Waals surface area contributed by atoms with E-state index in [1.807, 2.05) is 11.3 Å². The predicted octanol–water partition coefficient (Wildman–Crippen LogP) is 7.36. The summed E-state index contributed by atoms with van der Waals surface area (Å²) in [4.78, 5) is 2.54. The van der Waals surface area contributed by atoms with Gasteiger partial charge in [-0.05, 0) is 55.0 Å². The van der Waals surface area contributed by atoms with Gasteiger partial charge in [-0.1, -0.05) is 51.0 Å². The monoisotopic (exact) mass is 366 g/mol. The van der Waals surface area contributed by atoms with E-state index in [4.69, 9.17) is 0 Å². The first-order valence-electron chi connectivity index (χ1n) is 9.82. The van der Waals surface area contributed by atoms with E-state index < -0.39 is 0 Å². The van der Waals surface area contributed by atoms with E-state index in [1.54, 1.807) is 0 Å². The normalized spacial score (nSPS) is 11.0. The fraction of sp³-hybridized carbons (Fsp3) is 0.391. The van der Waals surface area contributed by atoms with Crippen LogP contribution in [0, 0.1) is 6.92 Å². The smallest absolute Gasteiger partial charge is 0.0939 e. The maximum absolute atomic E-state index is 3.66. The van der Waals surface area contributed by atoms with Crippen molar-refractivity contribution < 1.29 is 0 Å². The third-order valence-corrected chi connectivity index (χ3v) is 5.86. The van der Waals surface area contributed by atoms with E-state index in [-0.39, 0.29) is 0 Å². The lowest BCUT2D eigenvalue weighted by atomic mass is 10.1. The Morgan fingerprint density at radius 2 is 1.65 bits per heavy atom. The molecule has 0 saturated heterocycles. The SMILES string of the molecule is CCCCN(CCCC)c1ccc(C)c(Nc2cc3ccccc3s2)c1. The number of unbranched alkanes of at least 4 members (excludes halogenated alkanes) is 2. The van der Waals surface area contributed by atoms with Crippen molar-refractivity contribution in [3.63, 3.8) is 0 Å². The Balaban J connectivity index is 1.83. The Labute approximate surface area is 161 Å². The molecule has 1 heterocycles. The van der Waals surface area contributed by atoms with Gasteiger partial charge in [-0.3, -0.25) is 0 Å². The van der Waals surface area contributed by atoms with E-state index in [2.05, 4.69) is 79.5 Å². The highest BCUT2D eigenvalue weighted by atomic mass is 32.1. The molecule has 3 rings (SSSR count). The largest absolute Gasteiger partial charge is 0.371 e. The van der Waals surface area contributed by atoms with E-state index in [1.165, 1.54) is 57.7 Å². The van der Waals surface area contributed by atoms with E-state index >= 15 is 0 Å². The molecule has 0 saturated carbocycles. The van der Waals surface area contributed by atoms with Gasteiger partial charge in [0.05, 0.1) is 5.00 Å². The van der Waals surface area contributed by atoms with E-state index in [9.17, 15) is 0 Å². The van der Waals surface area contributed by atoms with Crippen LogP contribution in [0.5, 0.6) is 0 Å². The first-order chi connectivity index (χ1) is 12.7. The molecule has 0 aliphatic rings. The molecular weight excluding hydrogens is 336 g/mol. The predicted molar refractivity (Wildman–Crippen MR) is 118 cm³/mol. The molecule has 3 heteroatoms. The number of hydrogen-bond acceptors (Lipinski definition) is 3. The number of nitrogens with zero attached hydrogens (tertiary/aromatic N) is 1. The fourth-order valence-electron chi connectivity index (χ4n) is 3.19. The molecule has 0 aliphatic heterocycles. The summed E-state index contributed by atoms with van der Waals surface area (Å²) >= 11 is 1.82. The van der Waals surface area contributed by atoms with Crippen LogP contribution in [0.1, 0.15) is 45.1 Å². The zero-order chi connectivity index (χ0) is 18.4. The quantitative estimate of drug-likeness (QED) is 0.425. The number of hydrogen-bond donors (Lipinski definition) is 1. The van der Waals surface area contributed by atoms with Gasteiger partial charge in [0.1, 0.15) is 0 Å². The molecule has 26 heavy (non-hydrogen) atoms. The highest BCUT2D eigenvalue weighted by molar-refractivity contribution is 7.22. The average Bonchev–Trinajstić information content (AvgIpc) is 3.06. The minimum absolute atomic E-state index is 1.14. The Kier molecular flexibility index (Phi) is 6.56. The van der Waals surface area contributed by atoms with Gasteiger partial charge in [-0.25, -0.2) is 0 Å². The second-order valence-corrected chi connectivity index (χ2v) is 8.05. The lowest BCUT2D eigenvalue weighted by molar-refractivity contribution is 0.678. The van der Waals surface area contributed by atoms with E-state index in [0.717, 1.165) is 13.1 Å². The van der Waals surface area contributed by atoms with Crippen LogP contribution in [0.25, 0.3) is 10.1 Å². The molecule has 0 unspecified atom stereocenters. The highest BCUT2D eigenvalue weighted by Crippen LogP contribution is 2.34. The molecule has 1 aromatic heterocycles. The van der Waals surface area contributed by atoms with Crippen molar-refractivity contribution in [1.29, 1.82) is 0 Å². The molecule has 0 spiro atoms.